The molecule has 1 fully saturated rings. The van der Waals surface area contributed by atoms with Crippen LogP contribution in [-0.4, -0.2) is 29.6 Å². The number of hydrogen-bond donors (Lipinski definition) is 1. The molecule has 0 spiro atoms. The fraction of sp³-hybridized carbons (Fsp3) is 0.600. The summed E-state index contributed by atoms with van der Waals surface area (Å²) in [5.41, 5.74) is 3.54. The number of likely N-dealkylation sites (tertiary alicyclic amines) is 1. The van der Waals surface area contributed by atoms with Crippen molar-refractivity contribution in [2.24, 2.45) is 0 Å². The zero-order valence-corrected chi connectivity index (χ0v) is 11.0. The summed E-state index contributed by atoms with van der Waals surface area (Å²) in [6.07, 6.45) is 5.01. The molecule has 0 bridgehead atoms. The fourth-order valence-corrected chi connectivity index (χ4v) is 2.52. The molecule has 0 saturated carbocycles. The number of nitrogens with zero attached hydrogens (tertiary/aromatic N) is 1. The first-order chi connectivity index (χ1) is 8.16. The molecule has 1 N–H and O–H groups in total. The minimum Gasteiger partial charge on any atom is -0.508 e. The molecule has 1 saturated heterocycles. The highest BCUT2D eigenvalue weighted by Crippen LogP contribution is 2.22. The van der Waals surface area contributed by atoms with Gasteiger partial charge in [-0.25, -0.2) is 0 Å². The first kappa shape index (κ1) is 12.4. The van der Waals surface area contributed by atoms with Gasteiger partial charge in [0.15, 0.2) is 0 Å². The van der Waals surface area contributed by atoms with Gasteiger partial charge < -0.3 is 10.0 Å². The Balaban J connectivity index is 1.96. The number of aryl methyl sites for hydroxylation is 2. The second-order valence-corrected chi connectivity index (χ2v) is 5.22. The van der Waals surface area contributed by atoms with Crippen molar-refractivity contribution in [3.8, 4) is 5.75 Å². The molecule has 1 aliphatic rings. The van der Waals surface area contributed by atoms with E-state index >= 15 is 0 Å². The SMILES string of the molecule is Cc1cc(O)c(CCN2CCCCC2)cc1C. The van der Waals surface area contributed by atoms with Crippen LogP contribution < -0.4 is 0 Å². The molecule has 2 rings (SSSR count). The summed E-state index contributed by atoms with van der Waals surface area (Å²) in [6.45, 7) is 7.69. The molecule has 94 valence electrons. The van der Waals surface area contributed by atoms with Crippen molar-refractivity contribution in [2.75, 3.05) is 19.6 Å². The number of rotatable bonds is 3. The molecule has 2 heteroatoms. The molecule has 1 aromatic rings. The Bertz CT molecular complexity index is 381. The zero-order valence-electron chi connectivity index (χ0n) is 11.0. The molecular formula is C15H23NO. The lowest BCUT2D eigenvalue weighted by Gasteiger charge is -2.26. The van der Waals surface area contributed by atoms with E-state index in [9.17, 15) is 5.11 Å². The molecule has 2 nitrogen and oxygen atoms in total. The van der Waals surface area contributed by atoms with Crippen molar-refractivity contribution in [1.29, 1.82) is 0 Å². The van der Waals surface area contributed by atoms with Crippen molar-refractivity contribution in [3.05, 3.63) is 28.8 Å². The lowest BCUT2D eigenvalue weighted by molar-refractivity contribution is 0.231. The molecule has 1 aromatic carbocycles. The number of aromatic hydroxyl groups is 1. The molecule has 0 radical (unpaired) electrons. The summed E-state index contributed by atoms with van der Waals surface area (Å²) >= 11 is 0. The van der Waals surface area contributed by atoms with Crippen LogP contribution in [0, 0.1) is 13.8 Å². The highest BCUT2D eigenvalue weighted by Gasteiger charge is 2.11. The van der Waals surface area contributed by atoms with Crippen LogP contribution in [0.1, 0.15) is 36.0 Å². The van der Waals surface area contributed by atoms with Crippen LogP contribution in [0.2, 0.25) is 0 Å². The minimum absolute atomic E-state index is 0.463. The van der Waals surface area contributed by atoms with Crippen LogP contribution in [0.5, 0.6) is 5.75 Å². The maximum Gasteiger partial charge on any atom is 0.119 e. The van der Waals surface area contributed by atoms with E-state index in [1.807, 2.05) is 13.0 Å². The summed E-state index contributed by atoms with van der Waals surface area (Å²) in [6, 6.07) is 4.02. The Kier molecular flexibility index (Phi) is 4.06. The number of phenols is 1. The highest BCUT2D eigenvalue weighted by molar-refractivity contribution is 5.40. The summed E-state index contributed by atoms with van der Waals surface area (Å²) in [5.74, 6) is 0.463. The van der Waals surface area contributed by atoms with Crippen LogP contribution in [0.25, 0.3) is 0 Å². The maximum atomic E-state index is 9.93. The average Bonchev–Trinajstić information content (AvgIpc) is 2.33. The van der Waals surface area contributed by atoms with E-state index < -0.39 is 0 Å². The standard InChI is InChI=1S/C15H23NO/c1-12-10-14(15(17)11-13(12)2)6-9-16-7-4-3-5-8-16/h10-11,17H,3-9H2,1-2H3. The smallest absolute Gasteiger partial charge is 0.119 e. The molecule has 0 unspecified atom stereocenters. The summed E-state index contributed by atoms with van der Waals surface area (Å²) in [7, 11) is 0. The molecule has 0 aliphatic carbocycles. The van der Waals surface area contributed by atoms with E-state index in [4.69, 9.17) is 0 Å². The van der Waals surface area contributed by atoms with Crippen LogP contribution in [-0.2, 0) is 6.42 Å². The van der Waals surface area contributed by atoms with Gasteiger partial charge in [0.05, 0.1) is 0 Å². The Hall–Kier alpha value is -1.02. The van der Waals surface area contributed by atoms with E-state index in [2.05, 4.69) is 17.9 Å². The molecule has 0 amide bonds. The molecule has 17 heavy (non-hydrogen) atoms. The topological polar surface area (TPSA) is 23.5 Å². The van der Waals surface area contributed by atoms with Gasteiger partial charge in [0, 0.05) is 6.54 Å². The van der Waals surface area contributed by atoms with Gasteiger partial charge in [0.25, 0.3) is 0 Å². The predicted molar refractivity (Wildman–Crippen MR) is 71.6 cm³/mol. The Labute approximate surface area is 104 Å². The zero-order chi connectivity index (χ0) is 12.3. The number of phenolic OH excluding ortho intramolecular Hbond substituents is 1. The first-order valence-electron chi connectivity index (χ1n) is 6.68. The van der Waals surface area contributed by atoms with Gasteiger partial charge in [0.2, 0.25) is 0 Å². The summed E-state index contributed by atoms with van der Waals surface area (Å²) < 4.78 is 0. The van der Waals surface area contributed by atoms with Crippen LogP contribution in [0.15, 0.2) is 12.1 Å². The van der Waals surface area contributed by atoms with Crippen LogP contribution in [0.4, 0.5) is 0 Å². The lowest BCUT2D eigenvalue weighted by Crippen LogP contribution is -2.31. The second kappa shape index (κ2) is 5.54. The first-order valence-corrected chi connectivity index (χ1v) is 6.68. The van der Waals surface area contributed by atoms with Crippen molar-refractivity contribution in [1.82, 2.24) is 4.90 Å². The van der Waals surface area contributed by atoms with E-state index in [0.717, 1.165) is 18.5 Å². The number of hydrogen-bond acceptors (Lipinski definition) is 2. The van der Waals surface area contributed by atoms with Crippen LogP contribution >= 0.6 is 0 Å². The second-order valence-electron chi connectivity index (χ2n) is 5.22. The normalized spacial score (nSPS) is 17.3. The lowest BCUT2D eigenvalue weighted by atomic mass is 10.0. The quantitative estimate of drug-likeness (QED) is 0.867. The minimum atomic E-state index is 0.463. The van der Waals surface area contributed by atoms with Crippen molar-refractivity contribution < 1.29 is 5.11 Å². The van der Waals surface area contributed by atoms with Crippen molar-refractivity contribution >= 4 is 0 Å². The Morgan fingerprint density at radius 2 is 1.71 bits per heavy atom. The van der Waals surface area contributed by atoms with Crippen molar-refractivity contribution in [2.45, 2.75) is 39.5 Å². The van der Waals surface area contributed by atoms with Gasteiger partial charge in [-0.2, -0.15) is 0 Å². The van der Waals surface area contributed by atoms with Crippen LogP contribution in [0.3, 0.4) is 0 Å². The molecule has 0 atom stereocenters. The largest absolute Gasteiger partial charge is 0.508 e. The molecular weight excluding hydrogens is 210 g/mol. The molecule has 1 aliphatic heterocycles. The van der Waals surface area contributed by atoms with Gasteiger partial charge in [-0.05, 0) is 69.0 Å². The Morgan fingerprint density at radius 3 is 2.41 bits per heavy atom. The highest BCUT2D eigenvalue weighted by atomic mass is 16.3. The number of benzene rings is 1. The van der Waals surface area contributed by atoms with Gasteiger partial charge >= 0.3 is 0 Å². The van der Waals surface area contributed by atoms with E-state index in [1.54, 1.807) is 0 Å². The fourth-order valence-electron chi connectivity index (χ4n) is 2.52. The van der Waals surface area contributed by atoms with Gasteiger partial charge in [0.1, 0.15) is 5.75 Å². The average molecular weight is 233 g/mol. The number of piperidine rings is 1. The van der Waals surface area contributed by atoms with Gasteiger partial charge in [-0.15, -0.1) is 0 Å². The summed E-state index contributed by atoms with van der Waals surface area (Å²) in [4.78, 5) is 2.51. The van der Waals surface area contributed by atoms with Crippen molar-refractivity contribution in [3.63, 3.8) is 0 Å². The third-order valence-corrected chi connectivity index (χ3v) is 3.84. The van der Waals surface area contributed by atoms with Gasteiger partial charge in [-0.1, -0.05) is 12.5 Å². The predicted octanol–water partition coefficient (Wildman–Crippen LogP) is 3.04. The third kappa shape index (κ3) is 3.22. The molecule has 1 heterocycles. The van der Waals surface area contributed by atoms with E-state index in [-0.39, 0.29) is 0 Å². The maximum absolute atomic E-state index is 9.93. The van der Waals surface area contributed by atoms with E-state index in [0.29, 0.717) is 5.75 Å². The van der Waals surface area contributed by atoms with Gasteiger partial charge in [-0.3, -0.25) is 0 Å². The monoisotopic (exact) mass is 233 g/mol. The Morgan fingerprint density at radius 1 is 1.06 bits per heavy atom. The summed E-state index contributed by atoms with van der Waals surface area (Å²) in [5, 5.41) is 9.93. The third-order valence-electron chi connectivity index (χ3n) is 3.84. The molecule has 0 aromatic heterocycles. The van der Waals surface area contributed by atoms with E-state index in [1.165, 1.54) is 43.5 Å².